The third-order valence-corrected chi connectivity index (χ3v) is 6.51. The number of nitrogens with one attached hydrogen (secondary N) is 2. The number of hydrogen-bond acceptors (Lipinski definition) is 7. The highest BCUT2D eigenvalue weighted by Gasteiger charge is 2.29. The fourth-order valence-corrected chi connectivity index (χ4v) is 4.86. The largest absolute Gasteiger partial charge is 0.443 e. The van der Waals surface area contributed by atoms with E-state index in [0.717, 1.165) is 28.0 Å². The van der Waals surface area contributed by atoms with Crippen LogP contribution in [0.4, 0.5) is 4.79 Å². The van der Waals surface area contributed by atoms with E-state index >= 15 is 0 Å². The van der Waals surface area contributed by atoms with Gasteiger partial charge in [0.15, 0.2) is 0 Å². The van der Waals surface area contributed by atoms with E-state index in [1.165, 1.54) is 6.33 Å². The molecule has 1 aromatic carbocycles. The van der Waals surface area contributed by atoms with Crippen LogP contribution in [0.25, 0.3) is 28.0 Å². The van der Waals surface area contributed by atoms with Gasteiger partial charge < -0.3 is 4.74 Å². The zero-order valence-electron chi connectivity index (χ0n) is 20.7. The van der Waals surface area contributed by atoms with Gasteiger partial charge in [-0.2, -0.15) is 13.1 Å². The lowest BCUT2D eigenvalue weighted by Crippen LogP contribution is -2.49. The molecule has 0 unspecified atom stereocenters. The van der Waals surface area contributed by atoms with Gasteiger partial charge in [-0.25, -0.2) is 19.5 Å². The topological polar surface area (TPSA) is 128 Å². The molecule has 0 saturated carbocycles. The van der Waals surface area contributed by atoms with Crippen LogP contribution in [0.2, 0.25) is 0 Å². The Labute approximate surface area is 209 Å². The first kappa shape index (κ1) is 25.3. The van der Waals surface area contributed by atoms with Crippen LogP contribution in [-0.4, -0.2) is 39.6 Å². The number of amides is 1. The molecule has 0 atom stereocenters. The van der Waals surface area contributed by atoms with Crippen LogP contribution < -0.4 is 9.44 Å². The lowest BCUT2D eigenvalue weighted by Gasteiger charge is -2.27. The first-order valence-electron chi connectivity index (χ1n) is 11.2. The third-order valence-electron chi connectivity index (χ3n) is 5.29. The molecule has 0 bridgehead atoms. The van der Waals surface area contributed by atoms with Gasteiger partial charge in [-0.1, -0.05) is 24.3 Å². The summed E-state index contributed by atoms with van der Waals surface area (Å²) in [5.74, 6) is 0. The molecule has 1 amide bonds. The molecule has 4 rings (SSSR count). The summed E-state index contributed by atoms with van der Waals surface area (Å²) >= 11 is 0. The lowest BCUT2D eigenvalue weighted by molar-refractivity contribution is 0.0569. The lowest BCUT2D eigenvalue weighted by atomic mass is 9.94. The fraction of sp³-hybridized carbons (Fsp3) is 0.280. The average Bonchev–Trinajstić information content (AvgIpc) is 3.21. The van der Waals surface area contributed by atoms with Gasteiger partial charge >= 0.3 is 16.3 Å². The summed E-state index contributed by atoms with van der Waals surface area (Å²) in [6.45, 7) is 8.35. The highest BCUT2D eigenvalue weighted by molar-refractivity contribution is 7.88. The van der Waals surface area contributed by atoms with E-state index < -0.39 is 27.4 Å². The van der Waals surface area contributed by atoms with E-state index in [4.69, 9.17) is 4.74 Å². The van der Waals surface area contributed by atoms with Gasteiger partial charge in [0.25, 0.3) is 0 Å². The first-order valence-corrected chi connectivity index (χ1v) is 12.7. The van der Waals surface area contributed by atoms with Gasteiger partial charge in [0.1, 0.15) is 17.6 Å². The second-order valence-corrected chi connectivity index (χ2v) is 11.2. The number of benzene rings is 1. The zero-order chi connectivity index (χ0) is 26.1. The Morgan fingerprint density at radius 3 is 2.36 bits per heavy atom. The van der Waals surface area contributed by atoms with Crippen LogP contribution >= 0.6 is 0 Å². The quantitative estimate of drug-likeness (QED) is 0.402. The SMILES string of the molecule is CC(C)(C)OC(=O)NS(=O)(=O)NC(C)(C)c1ccc(-c2ncnc3c2ccn3-c2cccnc2)cc1. The van der Waals surface area contributed by atoms with E-state index in [9.17, 15) is 13.2 Å². The number of ether oxygens (including phenoxy) is 1. The Balaban J connectivity index is 1.57. The van der Waals surface area contributed by atoms with Crippen LogP contribution in [0.5, 0.6) is 0 Å². The molecule has 4 aromatic rings. The minimum atomic E-state index is -4.18. The van der Waals surface area contributed by atoms with E-state index in [2.05, 4.69) is 19.7 Å². The molecule has 0 radical (unpaired) electrons. The van der Waals surface area contributed by atoms with Crippen LogP contribution in [0, 0.1) is 0 Å². The number of carbonyl (C=O) groups excluding carboxylic acids is 1. The van der Waals surface area contributed by atoms with Crippen molar-refractivity contribution >= 4 is 27.3 Å². The minimum Gasteiger partial charge on any atom is -0.443 e. The maximum atomic E-state index is 12.5. The number of aromatic nitrogens is 4. The predicted octanol–water partition coefficient (Wildman–Crippen LogP) is 4.08. The molecular weight excluding hydrogens is 480 g/mol. The number of pyridine rings is 1. The number of fused-ring (bicyclic) bond motifs is 1. The van der Waals surface area contributed by atoms with E-state index in [1.807, 2.05) is 58.0 Å². The molecular formula is C25H28N6O4S. The number of nitrogens with zero attached hydrogens (tertiary/aromatic N) is 4. The standard InChI is InChI=1S/C25H28N6O4S/c1-24(2,3)35-23(32)29-36(33,34)30-25(4,5)18-10-8-17(9-11-18)21-20-12-14-31(22(20)28-16-27-21)19-7-6-13-26-15-19/h6-16,30H,1-5H3,(H,29,32). The highest BCUT2D eigenvalue weighted by atomic mass is 32.2. The molecule has 10 nitrogen and oxygen atoms in total. The van der Waals surface area contributed by atoms with Crippen molar-refractivity contribution in [3.05, 3.63) is 72.9 Å². The summed E-state index contributed by atoms with van der Waals surface area (Å²) in [6.07, 6.45) is 5.86. The van der Waals surface area contributed by atoms with Crippen molar-refractivity contribution in [2.45, 2.75) is 45.8 Å². The number of carbonyl (C=O) groups is 1. The highest BCUT2D eigenvalue weighted by Crippen LogP contribution is 2.30. The Bertz CT molecular complexity index is 1490. The van der Waals surface area contributed by atoms with Crippen LogP contribution in [0.15, 0.2) is 67.4 Å². The maximum Gasteiger partial charge on any atom is 0.422 e. The van der Waals surface area contributed by atoms with Crippen molar-refractivity contribution in [2.24, 2.45) is 0 Å². The molecule has 188 valence electrons. The molecule has 0 aliphatic heterocycles. The Morgan fingerprint density at radius 2 is 1.72 bits per heavy atom. The summed E-state index contributed by atoms with van der Waals surface area (Å²) in [5.41, 5.74) is 2.09. The smallest absolute Gasteiger partial charge is 0.422 e. The second kappa shape index (κ2) is 9.32. The van der Waals surface area contributed by atoms with Crippen LogP contribution in [0.1, 0.15) is 40.2 Å². The molecule has 2 N–H and O–H groups in total. The van der Waals surface area contributed by atoms with Gasteiger partial charge in [0.05, 0.1) is 23.1 Å². The van der Waals surface area contributed by atoms with Gasteiger partial charge in [0.2, 0.25) is 0 Å². The van der Waals surface area contributed by atoms with Crippen molar-refractivity contribution < 1.29 is 17.9 Å². The molecule has 3 heterocycles. The summed E-state index contributed by atoms with van der Waals surface area (Å²) in [7, 11) is -4.18. The predicted molar refractivity (Wildman–Crippen MR) is 137 cm³/mol. The molecule has 0 saturated heterocycles. The van der Waals surface area contributed by atoms with Crippen molar-refractivity contribution in [1.82, 2.24) is 29.0 Å². The summed E-state index contributed by atoms with van der Waals surface area (Å²) in [6, 6.07) is 13.1. The monoisotopic (exact) mass is 508 g/mol. The molecule has 3 aromatic heterocycles. The molecule has 0 aliphatic rings. The van der Waals surface area contributed by atoms with Gasteiger partial charge in [-0.05, 0) is 58.4 Å². The Kier molecular flexibility index (Phi) is 6.54. The Morgan fingerprint density at radius 1 is 1.00 bits per heavy atom. The van der Waals surface area contributed by atoms with Gasteiger partial charge in [0, 0.05) is 23.3 Å². The van der Waals surface area contributed by atoms with Gasteiger partial charge in [-0.15, -0.1) is 0 Å². The second-order valence-electron chi connectivity index (χ2n) is 9.77. The van der Waals surface area contributed by atoms with Crippen molar-refractivity contribution in [1.29, 1.82) is 0 Å². The van der Waals surface area contributed by atoms with E-state index in [-0.39, 0.29) is 0 Å². The van der Waals surface area contributed by atoms with Crippen LogP contribution in [-0.2, 0) is 20.5 Å². The first-order chi connectivity index (χ1) is 16.8. The van der Waals surface area contributed by atoms with Crippen molar-refractivity contribution in [3.63, 3.8) is 0 Å². The normalized spacial score (nSPS) is 12.5. The maximum absolute atomic E-state index is 12.5. The minimum absolute atomic E-state index is 0.694. The zero-order valence-corrected chi connectivity index (χ0v) is 21.5. The summed E-state index contributed by atoms with van der Waals surface area (Å²) in [5, 5.41) is 0.871. The molecule has 0 spiro atoms. The average molecular weight is 509 g/mol. The van der Waals surface area contributed by atoms with E-state index in [0.29, 0.717) is 5.56 Å². The van der Waals surface area contributed by atoms with Gasteiger partial charge in [-0.3, -0.25) is 9.55 Å². The summed E-state index contributed by atoms with van der Waals surface area (Å²) < 4.78 is 36.4. The number of rotatable bonds is 6. The molecule has 0 aliphatic carbocycles. The third kappa shape index (κ3) is 5.69. The van der Waals surface area contributed by atoms with Crippen molar-refractivity contribution in [3.8, 4) is 16.9 Å². The van der Waals surface area contributed by atoms with E-state index in [1.54, 1.807) is 47.0 Å². The van der Waals surface area contributed by atoms with Crippen molar-refractivity contribution in [2.75, 3.05) is 0 Å². The molecule has 11 heteroatoms. The fourth-order valence-electron chi connectivity index (χ4n) is 3.76. The Hall–Kier alpha value is -3.83. The number of hydrogen-bond donors (Lipinski definition) is 2. The molecule has 0 fully saturated rings. The molecule has 36 heavy (non-hydrogen) atoms. The van der Waals surface area contributed by atoms with Crippen LogP contribution in [0.3, 0.4) is 0 Å². The summed E-state index contributed by atoms with van der Waals surface area (Å²) in [4.78, 5) is 25.0.